The minimum absolute atomic E-state index is 0.0465. The lowest BCUT2D eigenvalue weighted by Gasteiger charge is -2.10. The Morgan fingerprint density at radius 3 is 2.60 bits per heavy atom. The van der Waals surface area contributed by atoms with E-state index in [1.54, 1.807) is 35.6 Å². The van der Waals surface area contributed by atoms with Gasteiger partial charge in [0.1, 0.15) is 0 Å². The highest BCUT2D eigenvalue weighted by atomic mass is 35.5. The van der Waals surface area contributed by atoms with E-state index in [9.17, 15) is 13.2 Å². The van der Waals surface area contributed by atoms with Crippen LogP contribution in [0.15, 0.2) is 76.1 Å². The van der Waals surface area contributed by atoms with E-state index in [1.165, 1.54) is 28.2 Å². The molecule has 0 saturated carbocycles. The zero-order chi connectivity index (χ0) is 21.1. The molecule has 0 bridgehead atoms. The molecule has 0 unspecified atom stereocenters. The molecule has 2 heterocycles. The lowest BCUT2D eigenvalue weighted by Crippen LogP contribution is -2.24. The minimum atomic E-state index is -3.92. The second kappa shape index (κ2) is 8.81. The Morgan fingerprint density at radius 1 is 1.10 bits per heavy atom. The van der Waals surface area contributed by atoms with Gasteiger partial charge in [0.2, 0.25) is 5.91 Å². The van der Waals surface area contributed by atoms with Gasteiger partial charge in [-0.15, -0.1) is 11.3 Å². The summed E-state index contributed by atoms with van der Waals surface area (Å²) in [6.45, 7) is 0.441. The Hall–Kier alpha value is -2.33. The molecule has 0 radical (unpaired) electrons. The van der Waals surface area contributed by atoms with Crippen LogP contribution in [0.25, 0.3) is 11.0 Å². The van der Waals surface area contributed by atoms with Crippen LogP contribution in [0.5, 0.6) is 0 Å². The third-order valence-corrected chi connectivity index (χ3v) is 8.12. The first-order chi connectivity index (χ1) is 14.4. The zero-order valence-electron chi connectivity index (χ0n) is 15.5. The number of thiophene rings is 1. The van der Waals surface area contributed by atoms with E-state index in [0.29, 0.717) is 22.6 Å². The number of imidazole rings is 1. The number of thioether (sulfide) groups is 1. The van der Waals surface area contributed by atoms with E-state index >= 15 is 0 Å². The maximum atomic E-state index is 13.3. The predicted molar refractivity (Wildman–Crippen MR) is 121 cm³/mol. The molecule has 0 atom stereocenters. The third-order valence-electron chi connectivity index (χ3n) is 4.21. The third kappa shape index (κ3) is 4.39. The molecule has 6 nitrogen and oxygen atoms in total. The number of benzene rings is 2. The highest BCUT2D eigenvalue weighted by Crippen LogP contribution is 2.29. The van der Waals surface area contributed by atoms with Gasteiger partial charge in [0, 0.05) is 9.90 Å². The van der Waals surface area contributed by atoms with Gasteiger partial charge in [-0.1, -0.05) is 41.6 Å². The predicted octanol–water partition coefficient (Wildman–Crippen LogP) is 4.40. The molecule has 0 fully saturated rings. The van der Waals surface area contributed by atoms with Gasteiger partial charge in [0.05, 0.1) is 28.2 Å². The molecule has 0 aliphatic rings. The minimum Gasteiger partial charge on any atom is -0.350 e. The van der Waals surface area contributed by atoms with Crippen LogP contribution in [-0.2, 0) is 21.4 Å². The first-order valence-corrected chi connectivity index (χ1v) is 12.5. The van der Waals surface area contributed by atoms with Gasteiger partial charge >= 0.3 is 0 Å². The summed E-state index contributed by atoms with van der Waals surface area (Å²) >= 11 is 8.54. The number of nitrogens with one attached hydrogen (secondary N) is 1. The normalized spacial score (nSPS) is 11.6. The Labute approximate surface area is 186 Å². The number of carbonyl (C=O) groups excluding carboxylic acids is 1. The quantitative estimate of drug-likeness (QED) is 0.399. The number of carbonyl (C=O) groups is 1. The average Bonchev–Trinajstić information content (AvgIpc) is 3.38. The number of fused-ring (bicyclic) bond motifs is 1. The van der Waals surface area contributed by atoms with Gasteiger partial charge < -0.3 is 5.32 Å². The topological polar surface area (TPSA) is 81.1 Å². The SMILES string of the molecule is O=C(CSc1nc2ccccc2n1S(=O)(=O)c1ccc(Cl)cc1)NCc1cccs1. The monoisotopic (exact) mass is 477 g/mol. The molecule has 2 aromatic carbocycles. The molecule has 0 spiro atoms. The second-order valence-corrected chi connectivity index (χ2v) is 10.4. The molecule has 1 amide bonds. The Kier molecular flexibility index (Phi) is 6.14. The highest BCUT2D eigenvalue weighted by molar-refractivity contribution is 8.00. The number of hydrogen-bond acceptors (Lipinski definition) is 6. The molecule has 154 valence electrons. The fourth-order valence-electron chi connectivity index (χ4n) is 2.80. The van der Waals surface area contributed by atoms with Crippen molar-refractivity contribution in [3.05, 3.63) is 75.9 Å². The molecule has 4 rings (SSSR count). The van der Waals surface area contributed by atoms with Crippen LogP contribution < -0.4 is 5.32 Å². The molecular formula is C20H16ClN3O3S3. The Bertz CT molecular complexity index is 1280. The summed E-state index contributed by atoms with van der Waals surface area (Å²) in [7, 11) is -3.92. The Morgan fingerprint density at radius 2 is 1.87 bits per heavy atom. The fraction of sp³-hybridized carbons (Fsp3) is 0.100. The van der Waals surface area contributed by atoms with E-state index in [0.717, 1.165) is 16.6 Å². The number of nitrogens with zero attached hydrogens (tertiary/aromatic N) is 2. The Balaban J connectivity index is 1.62. The lowest BCUT2D eigenvalue weighted by atomic mass is 10.3. The summed E-state index contributed by atoms with van der Waals surface area (Å²) in [5.74, 6) is -0.152. The lowest BCUT2D eigenvalue weighted by molar-refractivity contribution is -0.118. The van der Waals surface area contributed by atoms with Crippen molar-refractivity contribution >= 4 is 61.7 Å². The zero-order valence-corrected chi connectivity index (χ0v) is 18.7. The number of amides is 1. The van der Waals surface area contributed by atoms with Crippen molar-refractivity contribution in [2.45, 2.75) is 16.6 Å². The van der Waals surface area contributed by atoms with E-state index in [2.05, 4.69) is 10.3 Å². The number of rotatable bonds is 7. The molecule has 0 saturated heterocycles. The maximum Gasteiger partial charge on any atom is 0.270 e. The number of hydrogen-bond donors (Lipinski definition) is 1. The maximum absolute atomic E-state index is 13.3. The molecule has 10 heteroatoms. The van der Waals surface area contributed by atoms with Gasteiger partial charge in [-0.25, -0.2) is 17.4 Å². The van der Waals surface area contributed by atoms with Gasteiger partial charge in [-0.2, -0.15) is 0 Å². The van der Waals surface area contributed by atoms with E-state index < -0.39 is 10.0 Å². The van der Waals surface area contributed by atoms with Crippen molar-refractivity contribution in [3.8, 4) is 0 Å². The molecule has 0 aliphatic carbocycles. The number of aromatic nitrogens is 2. The number of para-hydroxylation sites is 2. The molecule has 30 heavy (non-hydrogen) atoms. The van der Waals surface area contributed by atoms with Crippen LogP contribution in [0.2, 0.25) is 5.02 Å². The van der Waals surface area contributed by atoms with E-state index in [4.69, 9.17) is 11.6 Å². The standard InChI is InChI=1S/C20H16ClN3O3S3/c21-14-7-9-16(10-8-14)30(26,27)24-18-6-2-1-5-17(18)23-20(24)29-13-19(25)22-12-15-4-3-11-28-15/h1-11H,12-13H2,(H,22,25). The molecule has 1 N–H and O–H groups in total. The van der Waals surface area contributed by atoms with E-state index in [-0.39, 0.29) is 21.7 Å². The van der Waals surface area contributed by atoms with Crippen molar-refractivity contribution in [2.24, 2.45) is 0 Å². The molecule has 2 aromatic heterocycles. The van der Waals surface area contributed by atoms with Crippen molar-refractivity contribution in [3.63, 3.8) is 0 Å². The van der Waals surface area contributed by atoms with Crippen molar-refractivity contribution < 1.29 is 13.2 Å². The second-order valence-electron chi connectivity index (χ2n) is 6.25. The smallest absolute Gasteiger partial charge is 0.270 e. The average molecular weight is 478 g/mol. The number of halogens is 1. The van der Waals surface area contributed by atoms with E-state index in [1.807, 2.05) is 17.5 Å². The van der Waals surface area contributed by atoms with Crippen LogP contribution in [0, 0.1) is 0 Å². The fourth-order valence-corrected chi connectivity index (χ4v) is 6.11. The van der Waals surface area contributed by atoms with Crippen LogP contribution in [0.3, 0.4) is 0 Å². The highest BCUT2D eigenvalue weighted by Gasteiger charge is 2.25. The van der Waals surface area contributed by atoms with Gasteiger partial charge in [0.15, 0.2) is 5.16 Å². The van der Waals surface area contributed by atoms with Crippen LogP contribution in [0.1, 0.15) is 4.88 Å². The molecule has 0 aliphatic heterocycles. The van der Waals surface area contributed by atoms with Crippen molar-refractivity contribution in [2.75, 3.05) is 5.75 Å². The first kappa shape index (κ1) is 20.9. The van der Waals surface area contributed by atoms with Crippen LogP contribution in [0.4, 0.5) is 0 Å². The van der Waals surface area contributed by atoms with Crippen molar-refractivity contribution in [1.29, 1.82) is 0 Å². The summed E-state index contributed by atoms with van der Waals surface area (Å²) in [5, 5.41) is 5.46. The first-order valence-electron chi connectivity index (χ1n) is 8.85. The summed E-state index contributed by atoms with van der Waals surface area (Å²) in [4.78, 5) is 17.9. The van der Waals surface area contributed by atoms with Gasteiger partial charge in [-0.3, -0.25) is 4.79 Å². The van der Waals surface area contributed by atoms with Crippen LogP contribution in [-0.4, -0.2) is 29.0 Å². The molecule has 4 aromatic rings. The summed E-state index contributed by atoms with van der Waals surface area (Å²) in [5.41, 5.74) is 0.991. The van der Waals surface area contributed by atoms with Gasteiger partial charge in [-0.05, 0) is 47.8 Å². The van der Waals surface area contributed by atoms with Crippen LogP contribution >= 0.6 is 34.7 Å². The summed E-state index contributed by atoms with van der Waals surface area (Å²) in [6.07, 6.45) is 0. The largest absolute Gasteiger partial charge is 0.350 e. The summed E-state index contributed by atoms with van der Waals surface area (Å²) < 4.78 is 27.9. The molecular weight excluding hydrogens is 462 g/mol. The van der Waals surface area contributed by atoms with Gasteiger partial charge in [0.25, 0.3) is 10.0 Å². The van der Waals surface area contributed by atoms with Crippen molar-refractivity contribution in [1.82, 2.24) is 14.3 Å². The summed E-state index contributed by atoms with van der Waals surface area (Å²) in [6, 6.07) is 16.8.